The van der Waals surface area contributed by atoms with Crippen LogP contribution < -0.4 is 0 Å². The molecule has 0 bridgehead atoms. The fourth-order valence-corrected chi connectivity index (χ4v) is 6.78. The molecule has 31 heavy (non-hydrogen) atoms. The van der Waals surface area contributed by atoms with Gasteiger partial charge in [-0.2, -0.15) is 0 Å². The van der Waals surface area contributed by atoms with Gasteiger partial charge >= 0.3 is 0 Å². The zero-order chi connectivity index (χ0) is 22.0. The van der Waals surface area contributed by atoms with Gasteiger partial charge in [-0.05, 0) is 41.6 Å². The predicted molar refractivity (Wildman–Crippen MR) is 129 cm³/mol. The summed E-state index contributed by atoms with van der Waals surface area (Å²) < 4.78 is 28.8. The van der Waals surface area contributed by atoms with Crippen molar-refractivity contribution < 1.29 is 8.42 Å². The van der Waals surface area contributed by atoms with Gasteiger partial charge in [0.2, 0.25) is 0 Å². The van der Waals surface area contributed by atoms with Crippen LogP contribution in [-0.2, 0) is 23.1 Å². The maximum Gasteiger partial charge on any atom is 0.199 e. The average molecular weight is 477 g/mol. The van der Waals surface area contributed by atoms with Crippen LogP contribution in [0.3, 0.4) is 0 Å². The van der Waals surface area contributed by atoms with Gasteiger partial charge in [0, 0.05) is 12.6 Å². The first kappa shape index (κ1) is 22.4. The Balaban J connectivity index is 1.68. The summed E-state index contributed by atoms with van der Waals surface area (Å²) in [7, 11) is -2.96. The zero-order valence-electron chi connectivity index (χ0n) is 17.8. The molecule has 3 heterocycles. The quantitative estimate of drug-likeness (QED) is 0.454. The van der Waals surface area contributed by atoms with Crippen LogP contribution >= 0.6 is 23.6 Å². The van der Waals surface area contributed by atoms with Crippen molar-refractivity contribution in [2.45, 2.75) is 39.5 Å². The van der Waals surface area contributed by atoms with E-state index in [-0.39, 0.29) is 17.5 Å². The van der Waals surface area contributed by atoms with Crippen LogP contribution in [0.25, 0.3) is 10.7 Å². The molecule has 0 saturated carbocycles. The van der Waals surface area contributed by atoms with E-state index in [1.54, 1.807) is 11.3 Å². The van der Waals surface area contributed by atoms with Crippen LogP contribution in [0.1, 0.15) is 25.8 Å². The van der Waals surface area contributed by atoms with E-state index in [1.165, 1.54) is 0 Å². The van der Waals surface area contributed by atoms with Gasteiger partial charge in [-0.25, -0.2) is 13.1 Å². The molecule has 6 nitrogen and oxygen atoms in total. The third-order valence-corrected chi connectivity index (χ3v) is 8.54. The van der Waals surface area contributed by atoms with Crippen LogP contribution in [0.2, 0.25) is 0 Å². The Morgan fingerprint density at radius 1 is 1.23 bits per heavy atom. The molecule has 166 valence electrons. The summed E-state index contributed by atoms with van der Waals surface area (Å²) in [5, 5.41) is 6.94. The molecule has 3 aromatic rings. The van der Waals surface area contributed by atoms with Crippen LogP contribution in [0, 0.1) is 10.7 Å². The lowest BCUT2D eigenvalue weighted by Gasteiger charge is -2.29. The minimum absolute atomic E-state index is 0.0127. The van der Waals surface area contributed by atoms with E-state index in [2.05, 4.69) is 41.5 Å². The monoisotopic (exact) mass is 476 g/mol. The number of rotatable bonds is 8. The van der Waals surface area contributed by atoms with Gasteiger partial charge in [0.15, 0.2) is 20.4 Å². The third-order valence-electron chi connectivity index (χ3n) is 5.49. The van der Waals surface area contributed by atoms with Gasteiger partial charge in [0.05, 0.1) is 29.6 Å². The van der Waals surface area contributed by atoms with Gasteiger partial charge in [0.25, 0.3) is 0 Å². The number of hydrogen-bond acceptors (Lipinski definition) is 6. The van der Waals surface area contributed by atoms with Gasteiger partial charge in [0.1, 0.15) is 0 Å². The van der Waals surface area contributed by atoms with E-state index in [1.807, 2.05) is 34.3 Å². The molecule has 1 saturated heterocycles. The van der Waals surface area contributed by atoms with Crippen LogP contribution in [0.15, 0.2) is 47.8 Å². The molecule has 0 radical (unpaired) electrons. The number of benzene rings is 1. The van der Waals surface area contributed by atoms with Crippen molar-refractivity contribution in [2.24, 2.45) is 5.92 Å². The average Bonchev–Trinajstić information content (AvgIpc) is 3.44. The van der Waals surface area contributed by atoms with E-state index in [0.717, 1.165) is 22.8 Å². The summed E-state index contributed by atoms with van der Waals surface area (Å²) >= 11 is 7.50. The van der Waals surface area contributed by atoms with Crippen LogP contribution in [0.5, 0.6) is 0 Å². The summed E-state index contributed by atoms with van der Waals surface area (Å²) in [5.41, 5.74) is 1.16. The van der Waals surface area contributed by atoms with Crippen molar-refractivity contribution in [3.05, 3.63) is 58.2 Å². The summed E-state index contributed by atoms with van der Waals surface area (Å²) in [6.07, 6.45) is 0.672. The minimum atomic E-state index is -2.96. The first-order valence-corrected chi connectivity index (χ1v) is 13.6. The molecular formula is C22H28N4O2S3. The standard InChI is InChI=1S/C22H28N4O2S3/c1-17(2)13-24(19-10-12-31(27,28)15-19)16-26-22(29)25(14-18-7-4-3-5-8-18)21(23-26)20-9-6-11-30-20/h3-9,11,17,19H,10,12-16H2,1-2H3. The lowest BCUT2D eigenvalue weighted by Crippen LogP contribution is -2.40. The molecule has 1 atom stereocenters. The summed E-state index contributed by atoms with van der Waals surface area (Å²) in [5.74, 6) is 1.75. The number of hydrogen-bond donors (Lipinski definition) is 0. The summed E-state index contributed by atoms with van der Waals surface area (Å²) in [6.45, 7) is 6.26. The molecule has 1 unspecified atom stereocenters. The second-order valence-corrected chi connectivity index (χ2v) is 12.1. The molecule has 1 fully saturated rings. The third kappa shape index (κ3) is 5.34. The fourth-order valence-electron chi connectivity index (χ4n) is 4.06. The highest BCUT2D eigenvalue weighted by Crippen LogP contribution is 2.26. The number of sulfone groups is 1. The molecule has 4 rings (SSSR count). The van der Waals surface area contributed by atoms with Crippen molar-refractivity contribution >= 4 is 33.4 Å². The summed E-state index contributed by atoms with van der Waals surface area (Å²) in [6, 6.07) is 14.3. The highest BCUT2D eigenvalue weighted by Gasteiger charge is 2.33. The maximum atomic E-state index is 12.1. The number of nitrogens with zero attached hydrogens (tertiary/aromatic N) is 4. The van der Waals surface area contributed by atoms with Crippen molar-refractivity contribution in [3.63, 3.8) is 0 Å². The maximum absolute atomic E-state index is 12.1. The van der Waals surface area contributed by atoms with Gasteiger partial charge < -0.3 is 0 Å². The highest BCUT2D eigenvalue weighted by molar-refractivity contribution is 7.91. The second kappa shape index (κ2) is 9.36. The molecule has 0 N–H and O–H groups in total. The molecule has 0 spiro atoms. The van der Waals surface area contributed by atoms with Crippen molar-refractivity contribution in [1.82, 2.24) is 19.2 Å². The van der Waals surface area contributed by atoms with Crippen molar-refractivity contribution in [3.8, 4) is 10.7 Å². The molecule has 0 aliphatic carbocycles. The smallest absolute Gasteiger partial charge is 0.199 e. The first-order chi connectivity index (χ1) is 14.8. The zero-order valence-corrected chi connectivity index (χ0v) is 20.3. The van der Waals surface area contributed by atoms with E-state index in [4.69, 9.17) is 17.3 Å². The fraction of sp³-hybridized carbons (Fsp3) is 0.455. The minimum Gasteiger partial charge on any atom is -0.295 e. The van der Waals surface area contributed by atoms with Crippen LogP contribution in [-0.4, -0.2) is 51.8 Å². The summed E-state index contributed by atoms with van der Waals surface area (Å²) in [4.78, 5) is 3.31. The SMILES string of the molecule is CC(C)CN(Cn1nc(-c2cccs2)n(Cc2ccccc2)c1=S)C1CCS(=O)(=O)C1. The molecule has 9 heteroatoms. The Morgan fingerprint density at radius 2 is 2.00 bits per heavy atom. The molecule has 1 aromatic carbocycles. The normalized spacial score (nSPS) is 18.3. The second-order valence-electron chi connectivity index (χ2n) is 8.52. The largest absolute Gasteiger partial charge is 0.295 e. The molecule has 2 aromatic heterocycles. The molecular weight excluding hydrogens is 448 g/mol. The van der Waals surface area contributed by atoms with E-state index >= 15 is 0 Å². The highest BCUT2D eigenvalue weighted by atomic mass is 32.2. The molecule has 1 aliphatic rings. The van der Waals surface area contributed by atoms with Crippen molar-refractivity contribution in [1.29, 1.82) is 0 Å². The Morgan fingerprint density at radius 3 is 2.61 bits per heavy atom. The lowest BCUT2D eigenvalue weighted by molar-refractivity contribution is 0.137. The van der Waals surface area contributed by atoms with Gasteiger partial charge in [-0.15, -0.1) is 16.4 Å². The molecule has 1 aliphatic heterocycles. The Kier molecular flexibility index (Phi) is 6.76. The topological polar surface area (TPSA) is 60.1 Å². The first-order valence-electron chi connectivity index (χ1n) is 10.5. The Labute approximate surface area is 193 Å². The Bertz CT molecular complexity index is 1170. The predicted octanol–water partition coefficient (Wildman–Crippen LogP) is 4.29. The van der Waals surface area contributed by atoms with E-state index in [0.29, 0.717) is 30.3 Å². The number of thiophene rings is 1. The van der Waals surface area contributed by atoms with Crippen LogP contribution in [0.4, 0.5) is 0 Å². The van der Waals surface area contributed by atoms with Gasteiger partial charge in [-0.1, -0.05) is 50.2 Å². The number of aromatic nitrogens is 3. The van der Waals surface area contributed by atoms with Crippen molar-refractivity contribution in [2.75, 3.05) is 18.1 Å². The molecule has 0 amide bonds. The Hall–Kier alpha value is -1.81. The van der Waals surface area contributed by atoms with E-state index in [9.17, 15) is 8.42 Å². The van der Waals surface area contributed by atoms with Gasteiger partial charge in [-0.3, -0.25) is 9.47 Å². The lowest BCUT2D eigenvalue weighted by atomic mass is 10.1. The van der Waals surface area contributed by atoms with E-state index < -0.39 is 9.84 Å².